The molecule has 1 unspecified atom stereocenters. The smallest absolute Gasteiger partial charge is 0.288 e. The van der Waals surface area contributed by atoms with Crippen LogP contribution in [-0.2, 0) is 4.79 Å². The Morgan fingerprint density at radius 3 is 2.41 bits per heavy atom. The molecule has 2 aromatic carbocycles. The van der Waals surface area contributed by atoms with Crippen molar-refractivity contribution in [3.05, 3.63) is 54.6 Å². The third-order valence-corrected chi connectivity index (χ3v) is 3.57. The Morgan fingerprint density at radius 1 is 1.09 bits per heavy atom. The summed E-state index contributed by atoms with van der Waals surface area (Å²) in [6.45, 7) is 1.60. The number of carbonyl (C=O) groups is 1. The normalized spacial score (nSPS) is 12.0. The van der Waals surface area contributed by atoms with Crippen LogP contribution in [0.3, 0.4) is 0 Å². The second-order valence-electron chi connectivity index (χ2n) is 4.44. The predicted octanol–water partition coefficient (Wildman–Crippen LogP) is 4.41. The van der Waals surface area contributed by atoms with E-state index in [1.54, 1.807) is 49.4 Å². The highest BCUT2D eigenvalue weighted by Gasteiger charge is 2.17. The number of amides is 1. The van der Waals surface area contributed by atoms with Crippen LogP contribution in [0.2, 0.25) is 0 Å². The summed E-state index contributed by atoms with van der Waals surface area (Å²) in [5.74, 6) is -2.37. The van der Waals surface area contributed by atoms with Gasteiger partial charge in [0.25, 0.3) is 11.7 Å². The summed E-state index contributed by atoms with van der Waals surface area (Å²) in [6, 6.07) is 15.4. The Bertz CT molecular complexity index is 623. The number of halogens is 2. The molecular formula is C16H15F2NO2S. The number of hydrogen-bond acceptors (Lipinski definition) is 3. The molecule has 22 heavy (non-hydrogen) atoms. The van der Waals surface area contributed by atoms with E-state index in [2.05, 4.69) is 5.32 Å². The van der Waals surface area contributed by atoms with Crippen LogP contribution in [0.5, 0.6) is 5.75 Å². The van der Waals surface area contributed by atoms with E-state index < -0.39 is 17.8 Å². The minimum Gasteiger partial charge on any atom is -0.481 e. The molecule has 0 fully saturated rings. The van der Waals surface area contributed by atoms with E-state index in [4.69, 9.17) is 4.74 Å². The molecule has 0 aliphatic heterocycles. The summed E-state index contributed by atoms with van der Waals surface area (Å²) in [7, 11) is 0. The molecule has 0 radical (unpaired) electrons. The van der Waals surface area contributed by atoms with Crippen molar-refractivity contribution in [1.82, 2.24) is 0 Å². The first-order valence-corrected chi connectivity index (χ1v) is 7.50. The highest BCUT2D eigenvalue weighted by molar-refractivity contribution is 7.99. The van der Waals surface area contributed by atoms with Gasteiger partial charge in [-0.1, -0.05) is 42.1 Å². The number of carbonyl (C=O) groups excluding carboxylic acids is 1. The molecule has 2 rings (SSSR count). The standard InChI is InChI=1S/C16H15F2NO2S/c1-11(21-12-7-3-2-4-8-12)15(20)19-13-9-5-6-10-14(13)22-16(17)18/h2-11,16H,1H3,(H,19,20). The van der Waals surface area contributed by atoms with E-state index in [0.29, 0.717) is 28.1 Å². The van der Waals surface area contributed by atoms with Crippen LogP contribution in [0.4, 0.5) is 14.5 Å². The predicted molar refractivity (Wildman–Crippen MR) is 83.5 cm³/mol. The highest BCUT2D eigenvalue weighted by Crippen LogP contribution is 2.31. The lowest BCUT2D eigenvalue weighted by atomic mass is 10.3. The fourth-order valence-corrected chi connectivity index (χ4v) is 2.35. The summed E-state index contributed by atoms with van der Waals surface area (Å²) in [5, 5.41) is 2.62. The van der Waals surface area contributed by atoms with Crippen LogP contribution >= 0.6 is 11.8 Å². The van der Waals surface area contributed by atoms with Gasteiger partial charge in [0, 0.05) is 4.90 Å². The summed E-state index contributed by atoms with van der Waals surface area (Å²) in [6.07, 6.45) is -0.744. The van der Waals surface area contributed by atoms with Crippen molar-refractivity contribution in [1.29, 1.82) is 0 Å². The number of thioether (sulfide) groups is 1. The topological polar surface area (TPSA) is 38.3 Å². The zero-order valence-electron chi connectivity index (χ0n) is 11.8. The van der Waals surface area contributed by atoms with Crippen LogP contribution in [0, 0.1) is 0 Å². The molecule has 3 nitrogen and oxygen atoms in total. The number of nitrogens with one attached hydrogen (secondary N) is 1. The third kappa shape index (κ3) is 4.73. The number of rotatable bonds is 6. The Morgan fingerprint density at radius 2 is 1.73 bits per heavy atom. The van der Waals surface area contributed by atoms with Gasteiger partial charge in [0.2, 0.25) is 0 Å². The van der Waals surface area contributed by atoms with Gasteiger partial charge in [0.15, 0.2) is 6.10 Å². The number of anilines is 1. The van der Waals surface area contributed by atoms with Gasteiger partial charge in [-0.3, -0.25) is 4.79 Å². The Balaban J connectivity index is 2.02. The number of alkyl halides is 2. The van der Waals surface area contributed by atoms with Crippen LogP contribution in [0.15, 0.2) is 59.5 Å². The number of hydrogen-bond donors (Lipinski definition) is 1. The first-order chi connectivity index (χ1) is 10.6. The van der Waals surface area contributed by atoms with E-state index in [9.17, 15) is 13.6 Å². The molecule has 0 bridgehead atoms. The third-order valence-electron chi connectivity index (χ3n) is 2.79. The lowest BCUT2D eigenvalue weighted by Gasteiger charge is -2.16. The molecular weight excluding hydrogens is 308 g/mol. The summed E-state index contributed by atoms with van der Waals surface area (Å²) >= 11 is 0.394. The number of ether oxygens (including phenoxy) is 1. The second kappa shape index (κ2) is 7.79. The lowest BCUT2D eigenvalue weighted by Crippen LogP contribution is -2.30. The van der Waals surface area contributed by atoms with Crippen molar-refractivity contribution in [2.45, 2.75) is 23.7 Å². The van der Waals surface area contributed by atoms with Gasteiger partial charge in [-0.05, 0) is 31.2 Å². The molecule has 0 aliphatic carbocycles. The average Bonchev–Trinajstić information content (AvgIpc) is 2.49. The second-order valence-corrected chi connectivity index (χ2v) is 5.47. The molecule has 1 N–H and O–H groups in total. The molecule has 6 heteroatoms. The molecule has 0 heterocycles. The zero-order chi connectivity index (χ0) is 15.9. The van der Waals surface area contributed by atoms with Crippen LogP contribution in [-0.4, -0.2) is 17.8 Å². The maximum atomic E-state index is 12.5. The quantitative estimate of drug-likeness (QED) is 0.800. The van der Waals surface area contributed by atoms with Crippen molar-refractivity contribution >= 4 is 23.4 Å². The van der Waals surface area contributed by atoms with E-state index in [1.807, 2.05) is 6.07 Å². The molecule has 1 amide bonds. The Kier molecular flexibility index (Phi) is 5.77. The van der Waals surface area contributed by atoms with Gasteiger partial charge in [-0.2, -0.15) is 8.78 Å². The Labute approximate surface area is 131 Å². The molecule has 1 atom stereocenters. The first kappa shape index (κ1) is 16.3. The fourth-order valence-electron chi connectivity index (χ4n) is 1.76. The SMILES string of the molecule is CC(Oc1ccccc1)C(=O)Nc1ccccc1SC(F)F. The van der Waals surface area contributed by atoms with E-state index >= 15 is 0 Å². The van der Waals surface area contributed by atoms with Gasteiger partial charge < -0.3 is 10.1 Å². The van der Waals surface area contributed by atoms with Crippen LogP contribution < -0.4 is 10.1 Å². The minimum atomic E-state index is -2.55. The molecule has 0 aromatic heterocycles. The van der Waals surface area contributed by atoms with Crippen molar-refractivity contribution in [2.24, 2.45) is 0 Å². The lowest BCUT2D eigenvalue weighted by molar-refractivity contribution is -0.122. The fraction of sp³-hybridized carbons (Fsp3) is 0.188. The Hall–Kier alpha value is -2.08. The molecule has 0 saturated carbocycles. The van der Waals surface area contributed by atoms with E-state index in [1.165, 1.54) is 6.07 Å². The van der Waals surface area contributed by atoms with E-state index in [-0.39, 0.29) is 0 Å². The summed E-state index contributed by atoms with van der Waals surface area (Å²) < 4.78 is 30.5. The van der Waals surface area contributed by atoms with Gasteiger partial charge in [-0.25, -0.2) is 0 Å². The largest absolute Gasteiger partial charge is 0.481 e. The van der Waals surface area contributed by atoms with Gasteiger partial charge >= 0.3 is 0 Å². The summed E-state index contributed by atoms with van der Waals surface area (Å²) in [5.41, 5.74) is 0.348. The number of para-hydroxylation sites is 2. The molecule has 116 valence electrons. The van der Waals surface area contributed by atoms with Crippen molar-refractivity contribution < 1.29 is 18.3 Å². The van der Waals surface area contributed by atoms with Crippen molar-refractivity contribution in [3.8, 4) is 5.75 Å². The van der Waals surface area contributed by atoms with Crippen molar-refractivity contribution in [3.63, 3.8) is 0 Å². The van der Waals surface area contributed by atoms with E-state index in [0.717, 1.165) is 0 Å². The van der Waals surface area contributed by atoms with Gasteiger partial charge in [0.05, 0.1) is 5.69 Å². The zero-order valence-corrected chi connectivity index (χ0v) is 12.6. The number of benzene rings is 2. The molecule has 0 saturated heterocycles. The highest BCUT2D eigenvalue weighted by atomic mass is 32.2. The minimum absolute atomic E-state index is 0.317. The molecule has 2 aromatic rings. The van der Waals surface area contributed by atoms with Crippen molar-refractivity contribution in [2.75, 3.05) is 5.32 Å². The van der Waals surface area contributed by atoms with Gasteiger partial charge in [-0.15, -0.1) is 0 Å². The first-order valence-electron chi connectivity index (χ1n) is 6.62. The maximum absolute atomic E-state index is 12.5. The monoisotopic (exact) mass is 323 g/mol. The van der Waals surface area contributed by atoms with Crippen LogP contribution in [0.1, 0.15) is 6.92 Å². The van der Waals surface area contributed by atoms with Crippen LogP contribution in [0.25, 0.3) is 0 Å². The average molecular weight is 323 g/mol. The summed E-state index contributed by atoms with van der Waals surface area (Å²) in [4.78, 5) is 12.4. The molecule has 0 aliphatic rings. The van der Waals surface area contributed by atoms with Gasteiger partial charge in [0.1, 0.15) is 5.75 Å². The maximum Gasteiger partial charge on any atom is 0.288 e. The molecule has 0 spiro atoms.